The number of methoxy groups -OCH3 is 1. The molecule has 1 rings (SSSR count). The number of amides is 1. The minimum atomic E-state index is -0.336. The Bertz CT molecular complexity index is 468. The number of rotatable bonds is 8. The van der Waals surface area contributed by atoms with Gasteiger partial charge in [-0.3, -0.25) is 4.79 Å². The monoisotopic (exact) mass is 298 g/mol. The summed E-state index contributed by atoms with van der Waals surface area (Å²) in [7, 11) is 3.35. The van der Waals surface area contributed by atoms with Gasteiger partial charge in [0.05, 0.1) is 6.61 Å². The average molecular weight is 298 g/mol. The molecule has 118 valence electrons. The van der Waals surface area contributed by atoms with Crippen molar-refractivity contribution in [1.82, 2.24) is 10.6 Å². The minimum absolute atomic E-state index is 0.0776. The van der Waals surface area contributed by atoms with Crippen molar-refractivity contribution < 1.29 is 18.7 Å². The highest BCUT2D eigenvalue weighted by Crippen LogP contribution is 2.25. The molecule has 2 N–H and O–H groups in total. The summed E-state index contributed by atoms with van der Waals surface area (Å²) < 4.78 is 23.8. The van der Waals surface area contributed by atoms with Crippen molar-refractivity contribution in [3.8, 4) is 5.75 Å². The Morgan fingerprint density at radius 2 is 2.10 bits per heavy atom. The Hall–Kier alpha value is -1.66. The number of benzene rings is 1. The molecule has 2 atom stereocenters. The van der Waals surface area contributed by atoms with Gasteiger partial charge in [-0.05, 0) is 39.1 Å². The van der Waals surface area contributed by atoms with Crippen molar-refractivity contribution in [3.63, 3.8) is 0 Å². The van der Waals surface area contributed by atoms with Gasteiger partial charge in [0, 0.05) is 24.8 Å². The van der Waals surface area contributed by atoms with E-state index in [2.05, 4.69) is 10.6 Å². The Labute approximate surface area is 124 Å². The summed E-state index contributed by atoms with van der Waals surface area (Å²) in [5.41, 5.74) is 0.676. The van der Waals surface area contributed by atoms with Gasteiger partial charge in [0.15, 0.2) is 6.61 Å². The molecule has 0 aliphatic carbocycles. The van der Waals surface area contributed by atoms with Crippen LogP contribution in [0.15, 0.2) is 18.2 Å². The van der Waals surface area contributed by atoms with Gasteiger partial charge in [-0.2, -0.15) is 0 Å². The highest BCUT2D eigenvalue weighted by Gasteiger charge is 2.13. The van der Waals surface area contributed by atoms with Crippen LogP contribution in [0.1, 0.15) is 25.5 Å². The number of carbonyl (C=O) groups excluding carboxylic acids is 1. The third-order valence-electron chi connectivity index (χ3n) is 3.05. The molecular weight excluding hydrogens is 275 g/mol. The first-order valence-electron chi connectivity index (χ1n) is 6.85. The second-order valence-corrected chi connectivity index (χ2v) is 4.91. The second-order valence-electron chi connectivity index (χ2n) is 4.91. The van der Waals surface area contributed by atoms with E-state index in [0.29, 0.717) is 17.9 Å². The fourth-order valence-corrected chi connectivity index (χ4v) is 1.90. The Morgan fingerprint density at radius 3 is 2.71 bits per heavy atom. The van der Waals surface area contributed by atoms with Gasteiger partial charge >= 0.3 is 0 Å². The van der Waals surface area contributed by atoms with Crippen LogP contribution in [0, 0.1) is 5.82 Å². The van der Waals surface area contributed by atoms with Crippen LogP contribution in [-0.2, 0) is 9.53 Å². The maximum Gasteiger partial charge on any atom is 0.258 e. The maximum absolute atomic E-state index is 13.3. The molecule has 2 unspecified atom stereocenters. The molecule has 21 heavy (non-hydrogen) atoms. The number of hydrogen-bond acceptors (Lipinski definition) is 4. The van der Waals surface area contributed by atoms with Gasteiger partial charge in [-0.15, -0.1) is 0 Å². The lowest BCUT2D eigenvalue weighted by Crippen LogP contribution is -2.38. The van der Waals surface area contributed by atoms with Crippen molar-refractivity contribution in [2.45, 2.75) is 25.9 Å². The van der Waals surface area contributed by atoms with Crippen LogP contribution in [0.2, 0.25) is 0 Å². The van der Waals surface area contributed by atoms with Crippen molar-refractivity contribution in [2.24, 2.45) is 0 Å². The first-order valence-corrected chi connectivity index (χ1v) is 6.85. The maximum atomic E-state index is 13.3. The van der Waals surface area contributed by atoms with E-state index in [1.807, 2.05) is 13.8 Å². The van der Waals surface area contributed by atoms with E-state index >= 15 is 0 Å². The van der Waals surface area contributed by atoms with Gasteiger partial charge in [0.1, 0.15) is 11.6 Å². The molecular formula is C15H23FN2O3. The standard InChI is InChI=1S/C15H23FN2O3/c1-10(8-20-4)18-15(19)9-21-14-6-5-12(16)7-13(14)11(2)17-3/h5-7,10-11,17H,8-9H2,1-4H3,(H,18,19). The van der Waals surface area contributed by atoms with E-state index in [0.717, 1.165) is 0 Å². The lowest BCUT2D eigenvalue weighted by molar-refractivity contribution is -0.124. The van der Waals surface area contributed by atoms with Crippen molar-refractivity contribution in [2.75, 3.05) is 27.4 Å². The Morgan fingerprint density at radius 1 is 1.38 bits per heavy atom. The normalized spacial score (nSPS) is 13.6. The molecule has 1 amide bonds. The molecule has 0 aliphatic heterocycles. The number of nitrogens with one attached hydrogen (secondary N) is 2. The first kappa shape index (κ1) is 17.4. The summed E-state index contributed by atoms with van der Waals surface area (Å²) >= 11 is 0. The summed E-state index contributed by atoms with van der Waals surface area (Å²) in [6, 6.07) is 4.08. The van der Waals surface area contributed by atoms with Gasteiger partial charge in [0.25, 0.3) is 5.91 Å². The topological polar surface area (TPSA) is 59.6 Å². The third-order valence-corrected chi connectivity index (χ3v) is 3.05. The SMILES string of the molecule is CNC(C)c1cc(F)ccc1OCC(=O)NC(C)COC. The van der Waals surface area contributed by atoms with Crippen LogP contribution in [0.4, 0.5) is 4.39 Å². The number of ether oxygens (including phenoxy) is 2. The zero-order valence-corrected chi connectivity index (χ0v) is 12.9. The smallest absolute Gasteiger partial charge is 0.258 e. The van der Waals surface area contributed by atoms with Crippen LogP contribution in [0.5, 0.6) is 5.75 Å². The van der Waals surface area contributed by atoms with Gasteiger partial charge < -0.3 is 20.1 Å². The summed E-state index contributed by atoms with van der Waals surface area (Å²) in [4.78, 5) is 11.7. The molecule has 0 saturated carbocycles. The van der Waals surface area contributed by atoms with E-state index < -0.39 is 0 Å². The quantitative estimate of drug-likeness (QED) is 0.766. The summed E-state index contributed by atoms with van der Waals surface area (Å²) in [5, 5.41) is 5.77. The van der Waals surface area contributed by atoms with Crippen molar-refractivity contribution in [1.29, 1.82) is 0 Å². The molecule has 0 saturated heterocycles. The fourth-order valence-electron chi connectivity index (χ4n) is 1.90. The zero-order chi connectivity index (χ0) is 15.8. The predicted octanol–water partition coefficient (Wildman–Crippen LogP) is 1.64. The van der Waals surface area contributed by atoms with Crippen LogP contribution in [-0.4, -0.2) is 39.3 Å². The molecule has 0 aliphatic rings. The molecule has 0 bridgehead atoms. The van der Waals surface area contributed by atoms with E-state index in [4.69, 9.17) is 9.47 Å². The highest BCUT2D eigenvalue weighted by atomic mass is 19.1. The molecule has 6 heteroatoms. The highest BCUT2D eigenvalue weighted by molar-refractivity contribution is 5.77. The fraction of sp³-hybridized carbons (Fsp3) is 0.533. The van der Waals surface area contributed by atoms with Crippen molar-refractivity contribution >= 4 is 5.91 Å². The van der Waals surface area contributed by atoms with E-state index in [-0.39, 0.29) is 30.4 Å². The van der Waals surface area contributed by atoms with Gasteiger partial charge in [0.2, 0.25) is 0 Å². The van der Waals surface area contributed by atoms with E-state index in [9.17, 15) is 9.18 Å². The molecule has 0 fully saturated rings. The predicted molar refractivity (Wildman–Crippen MR) is 78.9 cm³/mol. The Balaban J connectivity index is 2.64. The molecule has 0 aromatic heterocycles. The molecule has 0 heterocycles. The minimum Gasteiger partial charge on any atom is -0.483 e. The molecule has 1 aromatic rings. The molecule has 5 nitrogen and oxygen atoms in total. The molecule has 0 spiro atoms. The Kier molecular flexibility index (Phi) is 7.11. The summed E-state index contributed by atoms with van der Waals surface area (Å²) in [6.07, 6.45) is 0. The van der Waals surface area contributed by atoms with E-state index in [1.165, 1.54) is 18.2 Å². The number of halogens is 1. The second kappa shape index (κ2) is 8.59. The van der Waals surface area contributed by atoms with Crippen LogP contribution in [0.25, 0.3) is 0 Å². The van der Waals surface area contributed by atoms with Gasteiger partial charge in [-0.25, -0.2) is 4.39 Å². The zero-order valence-electron chi connectivity index (χ0n) is 12.9. The van der Waals surface area contributed by atoms with Crippen LogP contribution < -0.4 is 15.4 Å². The average Bonchev–Trinajstić information content (AvgIpc) is 2.45. The van der Waals surface area contributed by atoms with Crippen LogP contribution >= 0.6 is 0 Å². The van der Waals surface area contributed by atoms with Gasteiger partial charge in [-0.1, -0.05) is 0 Å². The summed E-state index contributed by atoms with van der Waals surface area (Å²) in [6.45, 7) is 4.05. The van der Waals surface area contributed by atoms with Crippen LogP contribution in [0.3, 0.4) is 0 Å². The lowest BCUT2D eigenvalue weighted by Gasteiger charge is -2.17. The molecule has 0 radical (unpaired) electrons. The third kappa shape index (κ3) is 5.69. The largest absolute Gasteiger partial charge is 0.483 e. The first-order chi connectivity index (χ1) is 9.97. The molecule has 1 aromatic carbocycles. The summed E-state index contributed by atoms with van der Waals surface area (Å²) in [5.74, 6) is -0.0858. The lowest BCUT2D eigenvalue weighted by atomic mass is 10.1. The van der Waals surface area contributed by atoms with Crippen molar-refractivity contribution in [3.05, 3.63) is 29.6 Å². The number of hydrogen-bond donors (Lipinski definition) is 2. The van der Waals surface area contributed by atoms with E-state index in [1.54, 1.807) is 14.2 Å². The number of carbonyl (C=O) groups is 1.